The predicted molar refractivity (Wildman–Crippen MR) is 73.5 cm³/mol. The molecule has 0 N–H and O–H groups in total. The zero-order valence-electron chi connectivity index (χ0n) is 12.0. The lowest BCUT2D eigenvalue weighted by molar-refractivity contribution is 0.0249. The van der Waals surface area contributed by atoms with Crippen LogP contribution >= 0.6 is 0 Å². The Balaban J connectivity index is 2.73. The van der Waals surface area contributed by atoms with Crippen LogP contribution in [0.2, 0.25) is 0 Å². The third-order valence-electron chi connectivity index (χ3n) is 2.63. The van der Waals surface area contributed by atoms with Crippen LogP contribution in [0.15, 0.2) is 12.4 Å². The normalized spacial score (nSPS) is 15.8. The molecule has 0 aliphatic carbocycles. The fourth-order valence-electron chi connectivity index (χ4n) is 2.00. The minimum absolute atomic E-state index is 0.602. The molecule has 0 amide bonds. The molecule has 0 aromatic heterocycles. The molecule has 106 valence electrons. The summed E-state index contributed by atoms with van der Waals surface area (Å²) >= 11 is 0. The number of nitrogens with zero attached hydrogens (tertiary/aromatic N) is 2. The first-order valence-corrected chi connectivity index (χ1v) is 8.50. The molecule has 0 saturated carbocycles. The molecule has 0 atom stereocenters. The molecule has 1 aliphatic heterocycles. The second-order valence-corrected chi connectivity index (χ2v) is 6.53. The molecule has 0 fully saturated rings. The zero-order chi connectivity index (χ0) is 13.4. The van der Waals surface area contributed by atoms with Crippen molar-refractivity contribution in [3.05, 3.63) is 12.4 Å². The summed E-state index contributed by atoms with van der Waals surface area (Å²) < 4.78 is 19.7. The first-order valence-electron chi connectivity index (χ1n) is 6.83. The third kappa shape index (κ3) is 3.71. The second kappa shape index (κ2) is 7.78. The summed E-state index contributed by atoms with van der Waals surface area (Å²) in [6, 6.07) is 0. The highest BCUT2D eigenvalue weighted by atomic mass is 28.4. The van der Waals surface area contributed by atoms with Gasteiger partial charge in [-0.05, 0) is 27.2 Å². The molecule has 0 bridgehead atoms. The van der Waals surface area contributed by atoms with Crippen LogP contribution in [0, 0.1) is 0 Å². The number of rotatable bonds is 9. The summed E-state index contributed by atoms with van der Waals surface area (Å²) in [6.07, 6.45) is 5.25. The van der Waals surface area contributed by atoms with Gasteiger partial charge in [-0.1, -0.05) is 6.92 Å². The van der Waals surface area contributed by atoms with Crippen LogP contribution in [-0.2, 0) is 13.3 Å². The van der Waals surface area contributed by atoms with Gasteiger partial charge in [-0.25, -0.2) is 0 Å². The van der Waals surface area contributed by atoms with Gasteiger partial charge in [-0.15, -0.1) is 0 Å². The molecule has 1 heterocycles. The molecule has 0 aromatic rings. The first kappa shape index (κ1) is 15.5. The molecular weight excluding hydrogens is 248 g/mol. The van der Waals surface area contributed by atoms with E-state index in [1.807, 2.05) is 27.0 Å². The zero-order valence-corrected chi connectivity index (χ0v) is 13.0. The van der Waals surface area contributed by atoms with Gasteiger partial charge in [-0.2, -0.15) is 0 Å². The van der Waals surface area contributed by atoms with Crippen LogP contribution < -0.4 is 0 Å². The summed E-state index contributed by atoms with van der Waals surface area (Å²) in [7, 11) is -2.73. The highest BCUT2D eigenvalue weighted by Crippen LogP contribution is 2.21. The summed E-state index contributed by atoms with van der Waals surface area (Å²) in [6.45, 7) is 11.7. The van der Waals surface area contributed by atoms with Crippen molar-refractivity contribution >= 4 is 8.97 Å². The van der Waals surface area contributed by atoms with Gasteiger partial charge in [0.15, 0.2) is 0 Å². The minimum atomic E-state index is -2.73. The lowest BCUT2D eigenvalue weighted by Crippen LogP contribution is -2.59. The van der Waals surface area contributed by atoms with Crippen LogP contribution in [0.1, 0.15) is 34.1 Å². The van der Waals surface area contributed by atoms with Gasteiger partial charge in [0.05, 0.1) is 6.67 Å². The monoisotopic (exact) mass is 274 g/mol. The van der Waals surface area contributed by atoms with Gasteiger partial charge >= 0.3 is 8.97 Å². The molecule has 1 aliphatic rings. The first-order chi connectivity index (χ1) is 8.72. The summed E-state index contributed by atoms with van der Waals surface area (Å²) in [5, 5.41) is 0. The van der Waals surface area contributed by atoms with Crippen LogP contribution in [0.3, 0.4) is 0 Å². The summed E-state index contributed by atoms with van der Waals surface area (Å²) in [5.74, 6) is 0. The van der Waals surface area contributed by atoms with Crippen molar-refractivity contribution in [3.63, 3.8) is 0 Å². The number of hydrogen-bond acceptors (Lipinski definition) is 5. The average Bonchev–Trinajstić information content (AvgIpc) is 2.79. The lowest BCUT2D eigenvalue weighted by Gasteiger charge is -2.35. The quantitative estimate of drug-likeness (QED) is 0.601. The van der Waals surface area contributed by atoms with E-state index in [4.69, 9.17) is 13.3 Å². The highest BCUT2D eigenvalue weighted by molar-refractivity contribution is 6.58. The molecule has 1 rings (SSSR count). The van der Waals surface area contributed by atoms with E-state index >= 15 is 0 Å². The van der Waals surface area contributed by atoms with Gasteiger partial charge in [-0.3, -0.25) is 0 Å². The molecule has 6 heteroatoms. The molecule has 0 saturated heterocycles. The largest absolute Gasteiger partial charge is 0.634 e. The van der Waals surface area contributed by atoms with E-state index < -0.39 is 8.97 Å². The van der Waals surface area contributed by atoms with Crippen LogP contribution in [0.5, 0.6) is 0 Å². The molecule has 5 nitrogen and oxygen atoms in total. The smallest absolute Gasteiger partial charge is 0.359 e. The molecular formula is C12H26N2O3Si. The molecule has 0 aromatic carbocycles. The molecule has 0 spiro atoms. The Morgan fingerprint density at radius 2 is 1.50 bits per heavy atom. The SMILES string of the molecule is CCCN1C=CN([Si](OCC)(OCC)OCC)C1. The van der Waals surface area contributed by atoms with Crippen LogP contribution in [0.25, 0.3) is 0 Å². The van der Waals surface area contributed by atoms with Gasteiger partial charge in [0.2, 0.25) is 0 Å². The van der Waals surface area contributed by atoms with Gasteiger partial charge in [0, 0.05) is 38.8 Å². The Hall–Kier alpha value is -0.563. The lowest BCUT2D eigenvalue weighted by atomic mass is 10.4. The van der Waals surface area contributed by atoms with E-state index in [2.05, 4.69) is 22.6 Å². The van der Waals surface area contributed by atoms with Crippen LogP contribution in [-0.4, -0.2) is 51.5 Å². The maximum Gasteiger partial charge on any atom is 0.634 e. The van der Waals surface area contributed by atoms with E-state index in [-0.39, 0.29) is 0 Å². The fraction of sp³-hybridized carbons (Fsp3) is 0.833. The van der Waals surface area contributed by atoms with E-state index in [1.165, 1.54) is 0 Å². The third-order valence-corrected chi connectivity index (χ3v) is 5.59. The molecule has 0 unspecified atom stereocenters. The number of hydrogen-bond donors (Lipinski definition) is 0. The van der Waals surface area contributed by atoms with Crippen molar-refractivity contribution in [3.8, 4) is 0 Å². The molecule has 0 radical (unpaired) electrons. The standard InChI is InChI=1S/C12H26N2O3Si/c1-5-9-13-10-11-14(12-13)18(15-6-2,16-7-3)17-8-4/h10-11H,5-9,12H2,1-4H3. The minimum Gasteiger partial charge on any atom is -0.359 e. The van der Waals surface area contributed by atoms with Gasteiger partial charge < -0.3 is 22.7 Å². The van der Waals surface area contributed by atoms with E-state index in [0.29, 0.717) is 19.8 Å². The highest BCUT2D eigenvalue weighted by Gasteiger charge is 2.49. The van der Waals surface area contributed by atoms with Crippen molar-refractivity contribution < 1.29 is 13.3 Å². The van der Waals surface area contributed by atoms with Crippen molar-refractivity contribution in [1.82, 2.24) is 9.47 Å². The topological polar surface area (TPSA) is 34.2 Å². The van der Waals surface area contributed by atoms with Crippen LogP contribution in [0.4, 0.5) is 0 Å². The predicted octanol–water partition coefficient (Wildman–Crippen LogP) is 1.99. The van der Waals surface area contributed by atoms with E-state index in [0.717, 1.165) is 19.6 Å². The Kier molecular flexibility index (Phi) is 6.70. The maximum absolute atomic E-state index is 5.86. The van der Waals surface area contributed by atoms with E-state index in [9.17, 15) is 0 Å². The Morgan fingerprint density at radius 1 is 0.944 bits per heavy atom. The summed E-state index contributed by atoms with van der Waals surface area (Å²) in [5.41, 5.74) is 0. The Labute approximate surface area is 112 Å². The van der Waals surface area contributed by atoms with Gasteiger partial charge in [0.25, 0.3) is 0 Å². The second-order valence-electron chi connectivity index (χ2n) is 4.04. The summed E-state index contributed by atoms with van der Waals surface area (Å²) in [4.78, 5) is 2.25. The maximum atomic E-state index is 5.86. The Bertz CT molecular complexity index is 247. The van der Waals surface area contributed by atoms with E-state index in [1.54, 1.807) is 0 Å². The fourth-order valence-corrected chi connectivity index (χ4v) is 4.44. The average molecular weight is 274 g/mol. The van der Waals surface area contributed by atoms with Crippen molar-refractivity contribution in [2.75, 3.05) is 33.0 Å². The van der Waals surface area contributed by atoms with Crippen molar-refractivity contribution in [1.29, 1.82) is 0 Å². The Morgan fingerprint density at radius 3 is 1.94 bits per heavy atom. The van der Waals surface area contributed by atoms with Crippen molar-refractivity contribution in [2.24, 2.45) is 0 Å². The van der Waals surface area contributed by atoms with Gasteiger partial charge in [0.1, 0.15) is 0 Å². The molecule has 18 heavy (non-hydrogen) atoms. The van der Waals surface area contributed by atoms with Crippen molar-refractivity contribution in [2.45, 2.75) is 34.1 Å².